The molecule has 2 aromatic rings. The van der Waals surface area contributed by atoms with Gasteiger partial charge in [0.1, 0.15) is 5.82 Å². The molecule has 7 nitrogen and oxygen atoms in total. The lowest BCUT2D eigenvalue weighted by molar-refractivity contribution is -0.139. The summed E-state index contributed by atoms with van der Waals surface area (Å²) in [5.41, 5.74) is 1.70. The van der Waals surface area contributed by atoms with Crippen molar-refractivity contribution in [2.24, 2.45) is 5.41 Å². The third kappa shape index (κ3) is 6.13. The lowest BCUT2D eigenvalue weighted by Crippen LogP contribution is -2.48. The van der Waals surface area contributed by atoms with Gasteiger partial charge in [-0.05, 0) is 54.7 Å². The molecule has 1 fully saturated rings. The zero-order chi connectivity index (χ0) is 23.1. The van der Waals surface area contributed by atoms with E-state index in [0.29, 0.717) is 24.9 Å². The summed E-state index contributed by atoms with van der Waals surface area (Å²) < 4.78 is 13.2. The topological polar surface area (TPSA) is 108 Å². The van der Waals surface area contributed by atoms with Crippen molar-refractivity contribution in [1.82, 2.24) is 10.6 Å². The summed E-state index contributed by atoms with van der Waals surface area (Å²) in [6.45, 7) is 1.74. The Bertz CT molecular complexity index is 962. The average molecular weight is 442 g/mol. The molecule has 3 rings (SSSR count). The van der Waals surface area contributed by atoms with Gasteiger partial charge in [0, 0.05) is 31.1 Å². The zero-order valence-electron chi connectivity index (χ0n) is 18.0. The van der Waals surface area contributed by atoms with Gasteiger partial charge in [-0.3, -0.25) is 14.4 Å². The Morgan fingerprint density at radius 1 is 1.00 bits per heavy atom. The molecule has 0 aromatic heterocycles. The van der Waals surface area contributed by atoms with E-state index in [1.54, 1.807) is 36.4 Å². The van der Waals surface area contributed by atoms with Crippen molar-refractivity contribution in [1.29, 1.82) is 0 Å². The van der Waals surface area contributed by atoms with Gasteiger partial charge in [-0.2, -0.15) is 0 Å². The quantitative estimate of drug-likeness (QED) is 0.495. The molecule has 1 aliphatic rings. The predicted molar refractivity (Wildman–Crippen MR) is 118 cm³/mol. The summed E-state index contributed by atoms with van der Waals surface area (Å²) in [5, 5.41) is 18.5. The van der Waals surface area contributed by atoms with Gasteiger partial charge in [-0.15, -0.1) is 0 Å². The number of anilines is 1. The van der Waals surface area contributed by atoms with Crippen LogP contribution in [0, 0.1) is 11.2 Å². The van der Waals surface area contributed by atoms with Crippen LogP contribution in [0.3, 0.4) is 0 Å². The van der Waals surface area contributed by atoms with Gasteiger partial charge in [0.05, 0.1) is 6.10 Å². The van der Waals surface area contributed by atoms with Crippen molar-refractivity contribution in [3.05, 3.63) is 65.5 Å². The average Bonchev–Trinajstić information content (AvgIpc) is 3.12. The molecule has 4 N–H and O–H groups in total. The third-order valence-corrected chi connectivity index (χ3v) is 5.86. The number of aliphatic hydroxyl groups excluding tert-OH is 1. The van der Waals surface area contributed by atoms with E-state index in [9.17, 15) is 23.9 Å². The molecule has 0 spiro atoms. The van der Waals surface area contributed by atoms with Gasteiger partial charge in [-0.1, -0.05) is 30.7 Å². The summed E-state index contributed by atoms with van der Waals surface area (Å²) in [6, 6.07) is 13.0. The molecule has 1 aliphatic carbocycles. The summed E-state index contributed by atoms with van der Waals surface area (Å²) in [4.78, 5) is 35.6. The fraction of sp³-hybridized carbons (Fsp3) is 0.375. The van der Waals surface area contributed by atoms with Gasteiger partial charge < -0.3 is 21.1 Å². The van der Waals surface area contributed by atoms with Crippen LogP contribution in [0.4, 0.5) is 10.1 Å². The van der Waals surface area contributed by atoms with Crippen LogP contribution in [0.15, 0.2) is 48.5 Å². The Balaban J connectivity index is 1.53. The van der Waals surface area contributed by atoms with Crippen molar-refractivity contribution in [3.63, 3.8) is 0 Å². The number of amides is 3. The van der Waals surface area contributed by atoms with Crippen LogP contribution < -0.4 is 16.0 Å². The van der Waals surface area contributed by atoms with E-state index >= 15 is 0 Å². The number of hydrogen-bond acceptors (Lipinski definition) is 4. The highest BCUT2D eigenvalue weighted by molar-refractivity contribution is 6.35. The number of benzene rings is 2. The molecule has 0 bridgehead atoms. The molecule has 0 radical (unpaired) electrons. The number of aliphatic hydroxyl groups is 1. The first-order valence-corrected chi connectivity index (χ1v) is 10.6. The van der Waals surface area contributed by atoms with Gasteiger partial charge in [0.15, 0.2) is 0 Å². The van der Waals surface area contributed by atoms with Gasteiger partial charge in [0.25, 0.3) is 0 Å². The molecular formula is C24H28FN3O4. The smallest absolute Gasteiger partial charge is 0.309 e. The van der Waals surface area contributed by atoms with Crippen LogP contribution in [-0.4, -0.2) is 35.5 Å². The maximum absolute atomic E-state index is 13.2. The van der Waals surface area contributed by atoms with E-state index < -0.39 is 23.3 Å². The van der Waals surface area contributed by atoms with E-state index in [1.807, 2.05) is 0 Å². The van der Waals surface area contributed by atoms with E-state index in [4.69, 9.17) is 0 Å². The van der Waals surface area contributed by atoms with Crippen LogP contribution in [0.25, 0.3) is 0 Å². The van der Waals surface area contributed by atoms with Crippen LogP contribution >= 0.6 is 0 Å². The standard InChI is InChI=1S/C24H28FN3O4/c1-16(29)28-20-10-6-18(7-11-20)14-26-22(31)23(32)27-15-24(12-2-3-21(24)30)13-17-4-8-19(25)9-5-17/h4-11,21,30H,2-3,12-15H2,1H3,(H,26,31)(H,27,32)(H,28,29). The lowest BCUT2D eigenvalue weighted by Gasteiger charge is -2.33. The predicted octanol–water partition coefficient (Wildman–Crippen LogP) is 2.29. The summed E-state index contributed by atoms with van der Waals surface area (Å²) in [5.74, 6) is -2.03. The number of carbonyl (C=O) groups is 3. The fourth-order valence-electron chi connectivity index (χ4n) is 4.11. The molecule has 3 amide bonds. The van der Waals surface area contributed by atoms with Crippen LogP contribution in [0.1, 0.15) is 37.3 Å². The number of hydrogen-bond donors (Lipinski definition) is 4. The first-order valence-electron chi connectivity index (χ1n) is 10.6. The molecule has 0 heterocycles. The van der Waals surface area contributed by atoms with Crippen molar-refractivity contribution < 1.29 is 23.9 Å². The van der Waals surface area contributed by atoms with E-state index in [1.165, 1.54) is 19.1 Å². The molecule has 0 saturated heterocycles. The minimum atomic E-state index is -0.766. The zero-order valence-corrected chi connectivity index (χ0v) is 18.0. The van der Waals surface area contributed by atoms with Crippen molar-refractivity contribution in [2.75, 3.05) is 11.9 Å². The minimum absolute atomic E-state index is 0.156. The highest BCUT2D eigenvalue weighted by Gasteiger charge is 2.42. The SMILES string of the molecule is CC(=O)Nc1ccc(CNC(=O)C(=O)NCC2(Cc3ccc(F)cc3)CCCC2O)cc1. The fourth-order valence-corrected chi connectivity index (χ4v) is 4.11. The van der Waals surface area contributed by atoms with Crippen LogP contribution in [0.5, 0.6) is 0 Å². The molecule has 2 aromatic carbocycles. The Morgan fingerprint density at radius 3 is 2.22 bits per heavy atom. The van der Waals surface area contributed by atoms with E-state index in [-0.39, 0.29) is 24.8 Å². The molecule has 2 atom stereocenters. The maximum Gasteiger partial charge on any atom is 0.309 e. The Kier molecular flexibility index (Phi) is 7.58. The highest BCUT2D eigenvalue weighted by Crippen LogP contribution is 2.40. The number of halogens is 1. The Labute approximate surface area is 186 Å². The molecule has 32 heavy (non-hydrogen) atoms. The Hall–Kier alpha value is -3.26. The molecule has 1 saturated carbocycles. The maximum atomic E-state index is 13.2. The number of nitrogens with one attached hydrogen (secondary N) is 3. The number of rotatable bonds is 7. The van der Waals surface area contributed by atoms with Gasteiger partial charge in [0.2, 0.25) is 5.91 Å². The lowest BCUT2D eigenvalue weighted by atomic mass is 9.78. The Morgan fingerprint density at radius 2 is 1.62 bits per heavy atom. The monoisotopic (exact) mass is 441 g/mol. The molecular weight excluding hydrogens is 413 g/mol. The first-order chi connectivity index (χ1) is 15.3. The summed E-state index contributed by atoms with van der Waals surface area (Å²) >= 11 is 0. The largest absolute Gasteiger partial charge is 0.392 e. The van der Waals surface area contributed by atoms with Crippen molar-refractivity contribution >= 4 is 23.4 Å². The minimum Gasteiger partial charge on any atom is -0.392 e. The first kappa shape index (κ1) is 23.4. The van der Waals surface area contributed by atoms with E-state index in [2.05, 4.69) is 16.0 Å². The van der Waals surface area contributed by atoms with Crippen LogP contribution in [-0.2, 0) is 27.3 Å². The van der Waals surface area contributed by atoms with Crippen molar-refractivity contribution in [2.45, 2.75) is 45.3 Å². The van der Waals surface area contributed by atoms with Gasteiger partial charge in [-0.25, -0.2) is 4.39 Å². The van der Waals surface area contributed by atoms with Crippen molar-refractivity contribution in [3.8, 4) is 0 Å². The molecule has 170 valence electrons. The number of carbonyl (C=O) groups excluding carboxylic acids is 3. The van der Waals surface area contributed by atoms with Gasteiger partial charge >= 0.3 is 11.8 Å². The molecule has 8 heteroatoms. The second-order valence-electron chi connectivity index (χ2n) is 8.32. The second kappa shape index (κ2) is 10.4. The summed E-state index contributed by atoms with van der Waals surface area (Å²) in [7, 11) is 0. The third-order valence-electron chi connectivity index (χ3n) is 5.86. The van der Waals surface area contributed by atoms with Crippen LogP contribution in [0.2, 0.25) is 0 Å². The summed E-state index contributed by atoms with van der Waals surface area (Å²) in [6.07, 6.45) is 2.01. The highest BCUT2D eigenvalue weighted by atomic mass is 19.1. The second-order valence-corrected chi connectivity index (χ2v) is 8.32. The molecule has 0 aliphatic heterocycles. The normalized spacial score (nSPS) is 19.9. The van der Waals surface area contributed by atoms with E-state index in [0.717, 1.165) is 17.5 Å². The molecule has 2 unspecified atom stereocenters.